The van der Waals surface area contributed by atoms with E-state index in [2.05, 4.69) is 26.2 Å². The molecule has 2 aromatic heterocycles. The third kappa shape index (κ3) is 4.49. The van der Waals surface area contributed by atoms with E-state index in [1.165, 1.54) is 5.56 Å². The van der Waals surface area contributed by atoms with Gasteiger partial charge in [0.2, 0.25) is 0 Å². The summed E-state index contributed by atoms with van der Waals surface area (Å²) >= 11 is 3.48. The first-order valence-corrected chi connectivity index (χ1v) is 10.0. The van der Waals surface area contributed by atoms with Gasteiger partial charge in [0, 0.05) is 22.4 Å². The summed E-state index contributed by atoms with van der Waals surface area (Å²) in [6.07, 6.45) is 3.98. The first kappa shape index (κ1) is 19.2. The summed E-state index contributed by atoms with van der Waals surface area (Å²) in [5, 5.41) is 2.92. The molecule has 2 aromatic carbocycles. The highest BCUT2D eigenvalue weighted by molar-refractivity contribution is 9.10. The van der Waals surface area contributed by atoms with E-state index in [0.717, 1.165) is 27.1 Å². The molecule has 0 aliphatic carbocycles. The molecule has 0 saturated carbocycles. The molecule has 0 fully saturated rings. The fraction of sp³-hybridized carbons (Fsp3) is 0.130. The number of aromatic nitrogens is 2. The number of aryl methyl sites for hydroxylation is 2. The topological polar surface area (TPSA) is 55.6 Å². The number of pyridine rings is 1. The van der Waals surface area contributed by atoms with Gasteiger partial charge in [-0.25, -0.2) is 4.98 Å². The molecule has 0 spiro atoms. The summed E-state index contributed by atoms with van der Waals surface area (Å²) in [6, 6.07) is 16.9. The van der Waals surface area contributed by atoms with Gasteiger partial charge in [-0.2, -0.15) is 0 Å². The van der Waals surface area contributed by atoms with Crippen LogP contribution in [0.15, 0.2) is 71.5 Å². The van der Waals surface area contributed by atoms with E-state index >= 15 is 0 Å². The molecule has 29 heavy (non-hydrogen) atoms. The number of fused-ring (bicyclic) bond motifs is 1. The van der Waals surface area contributed by atoms with E-state index in [-0.39, 0.29) is 5.91 Å². The van der Waals surface area contributed by atoms with E-state index in [9.17, 15) is 4.79 Å². The number of carbonyl (C=O) groups is 1. The summed E-state index contributed by atoms with van der Waals surface area (Å²) in [6.45, 7) is 4.37. The second kappa shape index (κ2) is 8.09. The zero-order chi connectivity index (χ0) is 20.4. The molecule has 4 aromatic rings. The van der Waals surface area contributed by atoms with Crippen LogP contribution in [0.3, 0.4) is 0 Å². The quantitative estimate of drug-likeness (QED) is 0.434. The minimum absolute atomic E-state index is 0.191. The fourth-order valence-electron chi connectivity index (χ4n) is 3.03. The molecule has 2 heterocycles. The van der Waals surface area contributed by atoms with Crippen LogP contribution >= 0.6 is 15.9 Å². The van der Waals surface area contributed by atoms with Crippen LogP contribution in [0, 0.1) is 13.8 Å². The Kier molecular flexibility index (Phi) is 5.36. The van der Waals surface area contributed by atoms with Gasteiger partial charge < -0.3 is 14.5 Å². The predicted molar refractivity (Wildman–Crippen MR) is 118 cm³/mol. The molecule has 5 nitrogen and oxygen atoms in total. The average Bonchev–Trinajstić information content (AvgIpc) is 3.10. The minimum atomic E-state index is -0.191. The van der Waals surface area contributed by atoms with Crippen molar-refractivity contribution >= 4 is 33.2 Å². The second-order valence-corrected chi connectivity index (χ2v) is 7.81. The smallest absolute Gasteiger partial charge is 0.255 e. The summed E-state index contributed by atoms with van der Waals surface area (Å²) in [7, 11) is 0. The highest BCUT2D eigenvalue weighted by Gasteiger charge is 2.10. The molecular weight excluding hydrogens is 430 g/mol. The monoisotopic (exact) mass is 449 g/mol. The van der Waals surface area contributed by atoms with Gasteiger partial charge >= 0.3 is 0 Å². The SMILES string of the molecule is Cc1ccc(NC(=O)c2cccc(OCc3cn4cc(C)ccc4n3)c2)c(Br)c1. The number of rotatable bonds is 5. The number of amides is 1. The van der Waals surface area contributed by atoms with Gasteiger partial charge in [-0.15, -0.1) is 0 Å². The molecule has 0 aliphatic rings. The average molecular weight is 450 g/mol. The van der Waals surface area contributed by atoms with Crippen molar-refractivity contribution in [1.82, 2.24) is 9.38 Å². The maximum Gasteiger partial charge on any atom is 0.255 e. The molecule has 0 saturated heterocycles. The maximum absolute atomic E-state index is 12.6. The summed E-state index contributed by atoms with van der Waals surface area (Å²) in [4.78, 5) is 17.2. The lowest BCUT2D eigenvalue weighted by Gasteiger charge is -2.10. The van der Waals surface area contributed by atoms with Crippen molar-refractivity contribution in [3.05, 3.63) is 93.8 Å². The van der Waals surface area contributed by atoms with Crippen LogP contribution in [0.25, 0.3) is 5.65 Å². The maximum atomic E-state index is 12.6. The molecule has 0 bridgehead atoms. The third-order valence-corrected chi connectivity index (χ3v) is 5.16. The van der Waals surface area contributed by atoms with Gasteiger partial charge in [-0.1, -0.05) is 18.2 Å². The summed E-state index contributed by atoms with van der Waals surface area (Å²) in [5.41, 5.74) is 5.25. The standard InChI is InChI=1S/C23H20BrN3O2/c1-15-6-8-21(20(24)10-15)26-23(28)17-4-3-5-19(11-17)29-14-18-13-27-12-16(2)7-9-22(27)25-18/h3-13H,14H2,1-2H3,(H,26,28). The Morgan fingerprint density at radius 3 is 2.72 bits per heavy atom. The van der Waals surface area contributed by atoms with E-state index in [1.54, 1.807) is 12.1 Å². The molecule has 1 N–H and O–H groups in total. The number of benzene rings is 2. The van der Waals surface area contributed by atoms with Crippen molar-refractivity contribution in [3.63, 3.8) is 0 Å². The van der Waals surface area contributed by atoms with Crippen molar-refractivity contribution < 1.29 is 9.53 Å². The Bertz CT molecular complexity index is 1200. The second-order valence-electron chi connectivity index (χ2n) is 6.96. The van der Waals surface area contributed by atoms with Crippen molar-refractivity contribution in [3.8, 4) is 5.75 Å². The molecule has 146 valence electrons. The van der Waals surface area contributed by atoms with Crippen LogP contribution in [0.5, 0.6) is 5.75 Å². The lowest BCUT2D eigenvalue weighted by atomic mass is 10.2. The number of ether oxygens (including phenoxy) is 1. The molecule has 6 heteroatoms. The van der Waals surface area contributed by atoms with Gasteiger partial charge in [-0.05, 0) is 77.3 Å². The van der Waals surface area contributed by atoms with Crippen molar-refractivity contribution in [1.29, 1.82) is 0 Å². The number of nitrogens with one attached hydrogen (secondary N) is 1. The van der Waals surface area contributed by atoms with Gasteiger partial charge in [0.15, 0.2) is 0 Å². The molecule has 0 radical (unpaired) electrons. The van der Waals surface area contributed by atoms with Gasteiger partial charge in [0.25, 0.3) is 5.91 Å². The first-order valence-electron chi connectivity index (χ1n) is 9.22. The lowest BCUT2D eigenvalue weighted by molar-refractivity contribution is 0.102. The Morgan fingerprint density at radius 2 is 1.90 bits per heavy atom. The number of hydrogen-bond donors (Lipinski definition) is 1. The highest BCUT2D eigenvalue weighted by Crippen LogP contribution is 2.24. The van der Waals surface area contributed by atoms with Gasteiger partial charge in [0.05, 0.1) is 11.4 Å². The van der Waals surface area contributed by atoms with Crippen LogP contribution < -0.4 is 10.1 Å². The van der Waals surface area contributed by atoms with Crippen LogP contribution in [0.4, 0.5) is 5.69 Å². The van der Waals surface area contributed by atoms with Crippen LogP contribution in [-0.4, -0.2) is 15.3 Å². The van der Waals surface area contributed by atoms with Crippen LogP contribution in [0.1, 0.15) is 27.2 Å². The molecule has 0 unspecified atom stereocenters. The lowest BCUT2D eigenvalue weighted by Crippen LogP contribution is -2.12. The Hall–Kier alpha value is -3.12. The van der Waals surface area contributed by atoms with Gasteiger partial charge in [0.1, 0.15) is 18.0 Å². The van der Waals surface area contributed by atoms with E-state index in [4.69, 9.17) is 4.74 Å². The normalized spacial score (nSPS) is 10.9. The number of hydrogen-bond acceptors (Lipinski definition) is 3. The zero-order valence-electron chi connectivity index (χ0n) is 16.1. The zero-order valence-corrected chi connectivity index (χ0v) is 17.7. The van der Waals surface area contributed by atoms with E-state index < -0.39 is 0 Å². The highest BCUT2D eigenvalue weighted by atomic mass is 79.9. The van der Waals surface area contributed by atoms with E-state index in [1.807, 2.05) is 73.1 Å². The number of halogens is 1. The molecule has 4 rings (SSSR count). The van der Waals surface area contributed by atoms with Crippen LogP contribution in [-0.2, 0) is 6.61 Å². The van der Waals surface area contributed by atoms with Crippen molar-refractivity contribution in [2.75, 3.05) is 5.32 Å². The van der Waals surface area contributed by atoms with Gasteiger partial charge in [-0.3, -0.25) is 4.79 Å². The number of nitrogens with zero attached hydrogens (tertiary/aromatic N) is 2. The predicted octanol–water partition coefficient (Wildman–Crippen LogP) is 5.54. The van der Waals surface area contributed by atoms with Crippen molar-refractivity contribution in [2.24, 2.45) is 0 Å². The van der Waals surface area contributed by atoms with Crippen LogP contribution in [0.2, 0.25) is 0 Å². The minimum Gasteiger partial charge on any atom is -0.487 e. The Labute approximate surface area is 177 Å². The Balaban J connectivity index is 1.45. The third-order valence-electron chi connectivity index (χ3n) is 4.50. The number of imidazole rings is 1. The molecule has 1 amide bonds. The molecule has 0 aliphatic heterocycles. The molecule has 0 atom stereocenters. The first-order chi connectivity index (χ1) is 14.0. The summed E-state index contributed by atoms with van der Waals surface area (Å²) < 4.78 is 8.70. The Morgan fingerprint density at radius 1 is 1.07 bits per heavy atom. The number of carbonyl (C=O) groups excluding carboxylic acids is 1. The largest absolute Gasteiger partial charge is 0.487 e. The summed E-state index contributed by atoms with van der Waals surface area (Å²) in [5.74, 6) is 0.428. The van der Waals surface area contributed by atoms with E-state index in [0.29, 0.717) is 17.9 Å². The van der Waals surface area contributed by atoms with Crippen molar-refractivity contribution in [2.45, 2.75) is 20.5 Å². The fourth-order valence-corrected chi connectivity index (χ4v) is 3.62. The number of anilines is 1. The molecular formula is C23H20BrN3O2.